The highest BCUT2D eigenvalue weighted by Gasteiger charge is 2.47. The van der Waals surface area contributed by atoms with Crippen molar-refractivity contribution in [3.05, 3.63) is 101 Å². The first-order valence-electron chi connectivity index (χ1n) is 12.9. The van der Waals surface area contributed by atoms with Crippen molar-refractivity contribution in [1.29, 1.82) is 0 Å². The van der Waals surface area contributed by atoms with Gasteiger partial charge in [-0.15, -0.1) is 0 Å². The molecular weight excluding hydrogens is 477 g/mol. The van der Waals surface area contributed by atoms with Gasteiger partial charge in [-0.05, 0) is 66.6 Å². The number of halogens is 3. The van der Waals surface area contributed by atoms with Crippen molar-refractivity contribution in [3.63, 3.8) is 0 Å². The van der Waals surface area contributed by atoms with Crippen LogP contribution in [0.5, 0.6) is 5.75 Å². The van der Waals surface area contributed by atoms with E-state index in [1.165, 1.54) is 43.4 Å². The molecule has 37 heavy (non-hydrogen) atoms. The van der Waals surface area contributed by atoms with Crippen molar-refractivity contribution in [3.8, 4) is 5.75 Å². The van der Waals surface area contributed by atoms with Crippen LogP contribution in [0.4, 0.5) is 13.2 Å². The minimum atomic E-state index is -4.48. The Kier molecular flexibility index (Phi) is 9.04. The second-order valence-electron chi connectivity index (χ2n) is 9.59. The molecule has 1 heterocycles. The highest BCUT2D eigenvalue weighted by atomic mass is 19.4. The van der Waals surface area contributed by atoms with Crippen LogP contribution >= 0.6 is 0 Å². The van der Waals surface area contributed by atoms with Gasteiger partial charge in [-0.2, -0.15) is 13.2 Å². The summed E-state index contributed by atoms with van der Waals surface area (Å²) in [5.74, 6) is 0.483. The van der Waals surface area contributed by atoms with Gasteiger partial charge < -0.3 is 9.47 Å². The molecule has 196 valence electrons. The Labute approximate surface area is 216 Å². The van der Waals surface area contributed by atoms with Crippen LogP contribution in [0.15, 0.2) is 72.8 Å². The molecule has 3 aromatic carbocycles. The summed E-state index contributed by atoms with van der Waals surface area (Å²) in [5.41, 5.74) is 2.66. The number of rotatable bonds is 13. The van der Waals surface area contributed by atoms with E-state index < -0.39 is 29.7 Å². The second-order valence-corrected chi connectivity index (χ2v) is 9.59. The predicted octanol–water partition coefficient (Wildman–Crippen LogP) is 8.16. The number of hydrogen-bond donors (Lipinski definition) is 0. The van der Waals surface area contributed by atoms with Crippen LogP contribution in [-0.4, -0.2) is 19.0 Å². The van der Waals surface area contributed by atoms with Gasteiger partial charge in [0.15, 0.2) is 11.9 Å². The molecule has 0 N–H and O–H groups in total. The summed E-state index contributed by atoms with van der Waals surface area (Å²) in [7, 11) is 1.68. The maximum absolute atomic E-state index is 13.0. The number of Topliss-reactive ketones (excluding diaryl/α,β-unsaturated/α-hetero) is 1. The zero-order valence-corrected chi connectivity index (χ0v) is 21.1. The third-order valence-electron chi connectivity index (χ3n) is 6.91. The zero-order chi connectivity index (χ0) is 26.3. The number of carbonyl (C=O) groups is 1. The number of ketones is 1. The largest absolute Gasteiger partial charge is 0.497 e. The predicted molar refractivity (Wildman–Crippen MR) is 138 cm³/mol. The molecule has 0 unspecified atom stereocenters. The van der Waals surface area contributed by atoms with Crippen LogP contribution < -0.4 is 4.74 Å². The van der Waals surface area contributed by atoms with E-state index in [4.69, 9.17) is 9.47 Å². The van der Waals surface area contributed by atoms with Crippen molar-refractivity contribution in [2.24, 2.45) is 0 Å². The van der Waals surface area contributed by atoms with Crippen molar-refractivity contribution in [1.82, 2.24) is 0 Å². The summed E-state index contributed by atoms with van der Waals surface area (Å²) in [6.07, 6.45) is 3.33. The number of epoxide rings is 1. The van der Waals surface area contributed by atoms with Crippen LogP contribution in [0.1, 0.15) is 77.2 Å². The first kappa shape index (κ1) is 26.9. The zero-order valence-electron chi connectivity index (χ0n) is 21.1. The van der Waals surface area contributed by atoms with Crippen LogP contribution in [-0.2, 0) is 23.8 Å². The van der Waals surface area contributed by atoms with Gasteiger partial charge in [0, 0.05) is 5.56 Å². The molecule has 3 aromatic rings. The van der Waals surface area contributed by atoms with E-state index >= 15 is 0 Å². The highest BCUT2D eigenvalue weighted by Crippen LogP contribution is 2.43. The van der Waals surface area contributed by atoms with Gasteiger partial charge in [0.1, 0.15) is 11.9 Å². The van der Waals surface area contributed by atoms with Gasteiger partial charge >= 0.3 is 6.18 Å². The van der Waals surface area contributed by atoms with Gasteiger partial charge in [0.25, 0.3) is 0 Å². The smallest absolute Gasteiger partial charge is 0.416 e. The number of benzene rings is 3. The summed E-state index contributed by atoms with van der Waals surface area (Å²) in [6, 6.07) is 20.7. The molecule has 4 rings (SSSR count). The highest BCUT2D eigenvalue weighted by molar-refractivity contribution is 6.01. The lowest BCUT2D eigenvalue weighted by Crippen LogP contribution is -2.11. The first-order valence-corrected chi connectivity index (χ1v) is 12.9. The standard InChI is InChI=1S/C31H33F3O3/c1-36-26-19-17-22(18-20-26)11-6-4-2-3-5-7-12-23-13-8-9-16-27(23)29-30(37-29)28(35)24-14-10-15-25(21-24)31(32,33)34/h8-10,13-21,29-30H,2-7,11-12H2,1H3/t29-,30-/m0/s1. The third-order valence-corrected chi connectivity index (χ3v) is 6.91. The topological polar surface area (TPSA) is 38.8 Å². The fraction of sp³-hybridized carbons (Fsp3) is 0.387. The van der Waals surface area contributed by atoms with Crippen LogP contribution in [0.2, 0.25) is 0 Å². The van der Waals surface area contributed by atoms with Crippen molar-refractivity contribution in [2.75, 3.05) is 7.11 Å². The van der Waals surface area contributed by atoms with Gasteiger partial charge in [-0.3, -0.25) is 4.79 Å². The Balaban J connectivity index is 1.19. The van der Waals surface area contributed by atoms with Crippen LogP contribution in [0, 0.1) is 0 Å². The molecule has 1 aliphatic heterocycles. The van der Waals surface area contributed by atoms with E-state index in [0.717, 1.165) is 54.7 Å². The lowest BCUT2D eigenvalue weighted by Gasteiger charge is -2.09. The maximum atomic E-state index is 13.0. The molecule has 0 spiro atoms. The number of unbranched alkanes of at least 4 members (excludes halogenated alkanes) is 5. The Morgan fingerprint density at radius 3 is 2.22 bits per heavy atom. The molecule has 1 aliphatic rings. The Bertz CT molecular complexity index is 1170. The van der Waals surface area contributed by atoms with Gasteiger partial charge in [-0.1, -0.05) is 74.2 Å². The van der Waals surface area contributed by atoms with Crippen molar-refractivity contribution >= 4 is 5.78 Å². The molecule has 6 heteroatoms. The molecular formula is C31H33F3O3. The molecule has 0 radical (unpaired) electrons. The van der Waals surface area contributed by atoms with E-state index in [0.29, 0.717) is 0 Å². The summed E-state index contributed by atoms with van der Waals surface area (Å²) in [5, 5.41) is 0. The average Bonchev–Trinajstić information content (AvgIpc) is 3.71. The summed E-state index contributed by atoms with van der Waals surface area (Å²) in [6.45, 7) is 0. The van der Waals surface area contributed by atoms with Crippen molar-refractivity contribution < 1.29 is 27.4 Å². The molecule has 1 fully saturated rings. The lowest BCUT2D eigenvalue weighted by molar-refractivity contribution is -0.137. The average molecular weight is 511 g/mol. The molecule has 0 saturated carbocycles. The maximum Gasteiger partial charge on any atom is 0.416 e. The van der Waals surface area contributed by atoms with E-state index in [1.807, 2.05) is 30.3 Å². The van der Waals surface area contributed by atoms with Crippen molar-refractivity contribution in [2.45, 2.75) is 69.8 Å². The van der Waals surface area contributed by atoms with E-state index in [-0.39, 0.29) is 5.56 Å². The third kappa shape index (κ3) is 7.45. The lowest BCUT2D eigenvalue weighted by atomic mass is 9.95. The van der Waals surface area contributed by atoms with E-state index in [2.05, 4.69) is 18.2 Å². The van der Waals surface area contributed by atoms with Gasteiger partial charge in [-0.25, -0.2) is 0 Å². The quantitative estimate of drug-likeness (QED) is 0.132. The molecule has 3 nitrogen and oxygen atoms in total. The molecule has 0 aromatic heterocycles. The number of ether oxygens (including phenoxy) is 2. The number of carbonyl (C=O) groups excluding carboxylic acids is 1. The second kappa shape index (κ2) is 12.4. The number of methoxy groups -OCH3 is 1. The molecule has 2 atom stereocenters. The minimum absolute atomic E-state index is 0.0341. The number of aryl methyl sites for hydroxylation is 2. The minimum Gasteiger partial charge on any atom is -0.497 e. The SMILES string of the molecule is COc1ccc(CCCCCCCCc2ccccc2[C@@H]2O[C@H]2C(=O)c2cccc(C(F)(F)F)c2)cc1. The summed E-state index contributed by atoms with van der Waals surface area (Å²) < 4.78 is 49.9. The summed E-state index contributed by atoms with van der Waals surface area (Å²) in [4.78, 5) is 12.8. The molecule has 0 aliphatic carbocycles. The van der Waals surface area contributed by atoms with Crippen LogP contribution in [0.25, 0.3) is 0 Å². The van der Waals surface area contributed by atoms with Gasteiger partial charge in [0.05, 0.1) is 12.7 Å². The Hall–Kier alpha value is -3.12. The molecule has 1 saturated heterocycles. The van der Waals surface area contributed by atoms with Crippen LogP contribution in [0.3, 0.4) is 0 Å². The van der Waals surface area contributed by atoms with E-state index in [1.54, 1.807) is 7.11 Å². The summed E-state index contributed by atoms with van der Waals surface area (Å²) >= 11 is 0. The van der Waals surface area contributed by atoms with Gasteiger partial charge in [0.2, 0.25) is 0 Å². The number of hydrogen-bond acceptors (Lipinski definition) is 3. The molecule has 0 amide bonds. The fourth-order valence-corrected chi connectivity index (χ4v) is 4.74. The first-order chi connectivity index (χ1) is 17.9. The fourth-order valence-electron chi connectivity index (χ4n) is 4.74. The number of alkyl halides is 3. The normalized spacial score (nSPS) is 17.0. The Morgan fingerprint density at radius 2 is 1.51 bits per heavy atom. The van der Waals surface area contributed by atoms with E-state index in [9.17, 15) is 18.0 Å². The monoisotopic (exact) mass is 510 g/mol. The molecule has 0 bridgehead atoms. The Morgan fingerprint density at radius 1 is 0.838 bits per heavy atom.